The van der Waals surface area contributed by atoms with Gasteiger partial charge in [0.25, 0.3) is 0 Å². The SMILES string of the molecule is COc1ccc(CC(=O)NCCc2c(C)[nH]c3ccc(C)cc23)cc1. The highest BCUT2D eigenvalue weighted by Gasteiger charge is 2.09. The van der Waals surface area contributed by atoms with Crippen LogP contribution in [-0.4, -0.2) is 24.5 Å². The molecule has 4 nitrogen and oxygen atoms in total. The molecule has 0 atom stereocenters. The Morgan fingerprint density at radius 1 is 1.12 bits per heavy atom. The van der Waals surface area contributed by atoms with Gasteiger partial charge >= 0.3 is 0 Å². The van der Waals surface area contributed by atoms with Crippen LogP contribution in [0.5, 0.6) is 5.75 Å². The van der Waals surface area contributed by atoms with Crippen LogP contribution in [0.25, 0.3) is 10.9 Å². The van der Waals surface area contributed by atoms with E-state index in [4.69, 9.17) is 4.74 Å². The summed E-state index contributed by atoms with van der Waals surface area (Å²) < 4.78 is 5.13. The third-order valence-corrected chi connectivity index (χ3v) is 4.50. The highest BCUT2D eigenvalue weighted by Crippen LogP contribution is 2.23. The minimum Gasteiger partial charge on any atom is -0.497 e. The summed E-state index contributed by atoms with van der Waals surface area (Å²) in [7, 11) is 1.63. The third-order valence-electron chi connectivity index (χ3n) is 4.50. The Kier molecular flexibility index (Phi) is 5.08. The van der Waals surface area contributed by atoms with E-state index in [1.807, 2.05) is 24.3 Å². The van der Waals surface area contributed by atoms with Crippen molar-refractivity contribution in [3.63, 3.8) is 0 Å². The number of nitrogens with one attached hydrogen (secondary N) is 2. The number of rotatable bonds is 6. The molecule has 1 heterocycles. The van der Waals surface area contributed by atoms with Gasteiger partial charge in [-0.25, -0.2) is 0 Å². The monoisotopic (exact) mass is 336 g/mol. The fraction of sp³-hybridized carbons (Fsp3) is 0.286. The number of hydrogen-bond acceptors (Lipinski definition) is 2. The smallest absolute Gasteiger partial charge is 0.224 e. The molecule has 0 aliphatic carbocycles. The summed E-state index contributed by atoms with van der Waals surface area (Å²) in [4.78, 5) is 15.6. The highest BCUT2D eigenvalue weighted by atomic mass is 16.5. The van der Waals surface area contributed by atoms with Crippen molar-refractivity contribution in [1.82, 2.24) is 10.3 Å². The zero-order chi connectivity index (χ0) is 17.8. The second-order valence-corrected chi connectivity index (χ2v) is 6.40. The van der Waals surface area contributed by atoms with E-state index in [0.29, 0.717) is 13.0 Å². The molecule has 0 aliphatic rings. The number of carbonyl (C=O) groups is 1. The molecule has 0 unspecified atom stereocenters. The first-order chi connectivity index (χ1) is 12.1. The summed E-state index contributed by atoms with van der Waals surface area (Å²) in [6.07, 6.45) is 1.21. The van der Waals surface area contributed by atoms with Crippen molar-refractivity contribution in [2.45, 2.75) is 26.7 Å². The molecule has 0 fully saturated rings. The minimum atomic E-state index is 0.0406. The average Bonchev–Trinajstić information content (AvgIpc) is 2.91. The minimum absolute atomic E-state index is 0.0406. The first-order valence-electron chi connectivity index (χ1n) is 8.54. The number of carbonyl (C=O) groups excluding carboxylic acids is 1. The van der Waals surface area contributed by atoms with Crippen LogP contribution in [0.4, 0.5) is 0 Å². The summed E-state index contributed by atoms with van der Waals surface area (Å²) in [5.41, 5.74) is 5.84. The lowest BCUT2D eigenvalue weighted by Crippen LogP contribution is -2.27. The second-order valence-electron chi connectivity index (χ2n) is 6.40. The zero-order valence-corrected chi connectivity index (χ0v) is 15.0. The number of aromatic amines is 1. The number of H-pyrrole nitrogens is 1. The topological polar surface area (TPSA) is 54.1 Å². The van der Waals surface area contributed by atoms with Crippen molar-refractivity contribution in [3.8, 4) is 5.75 Å². The van der Waals surface area contributed by atoms with Gasteiger partial charge < -0.3 is 15.0 Å². The predicted octanol–water partition coefficient (Wildman–Crippen LogP) is 3.69. The van der Waals surface area contributed by atoms with Gasteiger partial charge in [-0.1, -0.05) is 23.8 Å². The molecule has 0 saturated carbocycles. The third kappa shape index (κ3) is 4.02. The number of aromatic nitrogens is 1. The fourth-order valence-electron chi connectivity index (χ4n) is 3.14. The molecule has 25 heavy (non-hydrogen) atoms. The Balaban J connectivity index is 1.58. The molecule has 0 aliphatic heterocycles. The summed E-state index contributed by atoms with van der Waals surface area (Å²) in [6.45, 7) is 4.82. The Bertz CT molecular complexity index is 879. The van der Waals surface area contributed by atoms with Crippen LogP contribution in [0.15, 0.2) is 42.5 Å². The highest BCUT2D eigenvalue weighted by molar-refractivity contribution is 5.85. The van der Waals surface area contributed by atoms with Crippen LogP contribution in [0, 0.1) is 13.8 Å². The van der Waals surface area contributed by atoms with E-state index >= 15 is 0 Å². The molecule has 0 radical (unpaired) electrons. The molecule has 4 heteroatoms. The lowest BCUT2D eigenvalue weighted by Gasteiger charge is -2.07. The maximum Gasteiger partial charge on any atom is 0.224 e. The van der Waals surface area contributed by atoms with E-state index < -0.39 is 0 Å². The molecule has 3 aromatic rings. The van der Waals surface area contributed by atoms with Gasteiger partial charge in [0.1, 0.15) is 5.75 Å². The van der Waals surface area contributed by atoms with Crippen LogP contribution >= 0.6 is 0 Å². The van der Waals surface area contributed by atoms with Crippen LogP contribution in [0.2, 0.25) is 0 Å². The molecule has 3 rings (SSSR count). The number of hydrogen-bond donors (Lipinski definition) is 2. The fourth-order valence-corrected chi connectivity index (χ4v) is 3.14. The molecule has 1 aromatic heterocycles. The van der Waals surface area contributed by atoms with Gasteiger partial charge in [-0.3, -0.25) is 4.79 Å². The zero-order valence-electron chi connectivity index (χ0n) is 15.0. The summed E-state index contributed by atoms with van der Waals surface area (Å²) in [5, 5.41) is 4.27. The van der Waals surface area contributed by atoms with E-state index in [-0.39, 0.29) is 5.91 Å². The molecule has 130 valence electrons. The van der Waals surface area contributed by atoms with Gasteiger partial charge in [0.05, 0.1) is 13.5 Å². The average molecular weight is 336 g/mol. The van der Waals surface area contributed by atoms with E-state index in [1.54, 1.807) is 7.11 Å². The molecular weight excluding hydrogens is 312 g/mol. The van der Waals surface area contributed by atoms with Crippen molar-refractivity contribution < 1.29 is 9.53 Å². The number of amides is 1. The molecule has 0 bridgehead atoms. The largest absolute Gasteiger partial charge is 0.497 e. The first kappa shape index (κ1) is 17.1. The van der Waals surface area contributed by atoms with Crippen LogP contribution in [0.3, 0.4) is 0 Å². The van der Waals surface area contributed by atoms with Crippen LogP contribution < -0.4 is 10.1 Å². The van der Waals surface area contributed by atoms with Crippen molar-refractivity contribution in [2.24, 2.45) is 0 Å². The lowest BCUT2D eigenvalue weighted by atomic mass is 10.1. The van der Waals surface area contributed by atoms with Crippen molar-refractivity contribution in [1.29, 1.82) is 0 Å². The number of benzene rings is 2. The van der Waals surface area contributed by atoms with Gasteiger partial charge in [0.2, 0.25) is 5.91 Å². The van der Waals surface area contributed by atoms with Crippen LogP contribution in [0.1, 0.15) is 22.4 Å². The van der Waals surface area contributed by atoms with Gasteiger partial charge in [-0.05, 0) is 55.7 Å². The summed E-state index contributed by atoms with van der Waals surface area (Å²) in [6, 6.07) is 14.0. The maximum absolute atomic E-state index is 12.1. The maximum atomic E-state index is 12.1. The van der Waals surface area contributed by atoms with Gasteiger partial charge in [0, 0.05) is 23.1 Å². The normalized spacial score (nSPS) is 10.8. The number of fused-ring (bicyclic) bond motifs is 1. The standard InChI is InChI=1S/C21H24N2O2/c1-14-4-9-20-19(12-14)18(15(2)23-20)10-11-22-21(24)13-16-5-7-17(25-3)8-6-16/h4-9,12,23H,10-11,13H2,1-3H3,(H,22,24). The van der Waals surface area contributed by atoms with Crippen molar-refractivity contribution in [3.05, 3.63) is 64.8 Å². The Labute approximate surface area is 148 Å². The molecule has 0 spiro atoms. The summed E-state index contributed by atoms with van der Waals surface area (Å²) in [5.74, 6) is 0.841. The molecule has 2 N–H and O–H groups in total. The number of methoxy groups -OCH3 is 1. The van der Waals surface area contributed by atoms with E-state index in [2.05, 4.69) is 42.3 Å². The molecule has 2 aromatic carbocycles. The van der Waals surface area contributed by atoms with E-state index in [0.717, 1.165) is 23.3 Å². The number of aryl methyl sites for hydroxylation is 2. The Hall–Kier alpha value is -2.75. The Morgan fingerprint density at radius 2 is 1.88 bits per heavy atom. The summed E-state index contributed by atoms with van der Waals surface area (Å²) >= 11 is 0. The van der Waals surface area contributed by atoms with E-state index in [1.165, 1.54) is 22.2 Å². The van der Waals surface area contributed by atoms with Crippen molar-refractivity contribution in [2.75, 3.05) is 13.7 Å². The van der Waals surface area contributed by atoms with Crippen molar-refractivity contribution >= 4 is 16.8 Å². The molecular formula is C21H24N2O2. The number of ether oxygens (including phenoxy) is 1. The quantitative estimate of drug-likeness (QED) is 0.721. The van der Waals surface area contributed by atoms with E-state index in [9.17, 15) is 4.79 Å². The van der Waals surface area contributed by atoms with Gasteiger partial charge in [-0.2, -0.15) is 0 Å². The predicted molar refractivity (Wildman–Crippen MR) is 101 cm³/mol. The van der Waals surface area contributed by atoms with Gasteiger partial charge in [0.15, 0.2) is 0 Å². The Morgan fingerprint density at radius 3 is 2.60 bits per heavy atom. The molecule has 0 saturated heterocycles. The lowest BCUT2D eigenvalue weighted by molar-refractivity contribution is -0.120. The van der Waals surface area contributed by atoms with Crippen LogP contribution in [-0.2, 0) is 17.6 Å². The molecule has 1 amide bonds. The first-order valence-corrected chi connectivity index (χ1v) is 8.54. The van der Waals surface area contributed by atoms with Gasteiger partial charge in [-0.15, -0.1) is 0 Å². The second kappa shape index (κ2) is 7.43.